The van der Waals surface area contributed by atoms with E-state index in [9.17, 15) is 13.2 Å². The average molecular weight is 252 g/mol. The SMILES string of the molecule is CC(N)CCc1ccc(C(F)(F)F)c(Cl)c1. The van der Waals surface area contributed by atoms with Gasteiger partial charge in [-0.3, -0.25) is 0 Å². The van der Waals surface area contributed by atoms with E-state index in [4.69, 9.17) is 17.3 Å². The Labute approximate surface area is 97.4 Å². The number of hydrogen-bond acceptors (Lipinski definition) is 1. The number of benzene rings is 1. The first-order valence-corrected chi connectivity index (χ1v) is 5.29. The number of aryl methyl sites for hydroxylation is 1. The summed E-state index contributed by atoms with van der Waals surface area (Å²) < 4.78 is 37.2. The zero-order chi connectivity index (χ0) is 12.3. The first kappa shape index (κ1) is 13.3. The Bertz CT molecular complexity index is 361. The lowest BCUT2D eigenvalue weighted by molar-refractivity contribution is -0.137. The van der Waals surface area contributed by atoms with E-state index in [1.165, 1.54) is 12.1 Å². The van der Waals surface area contributed by atoms with Crippen LogP contribution < -0.4 is 5.73 Å². The molecule has 0 aliphatic heterocycles. The predicted octanol–water partition coefficient (Wildman–Crippen LogP) is 3.64. The summed E-state index contributed by atoms with van der Waals surface area (Å²) in [4.78, 5) is 0. The van der Waals surface area contributed by atoms with Gasteiger partial charge in [-0.15, -0.1) is 0 Å². The first-order chi connectivity index (χ1) is 7.30. The van der Waals surface area contributed by atoms with Gasteiger partial charge in [0.25, 0.3) is 0 Å². The van der Waals surface area contributed by atoms with Crippen LogP contribution in [0.1, 0.15) is 24.5 Å². The average Bonchev–Trinajstić information content (AvgIpc) is 2.12. The summed E-state index contributed by atoms with van der Waals surface area (Å²) in [6, 6.07) is 3.84. The van der Waals surface area contributed by atoms with E-state index in [0.717, 1.165) is 18.1 Å². The van der Waals surface area contributed by atoms with Crippen LogP contribution in [0.5, 0.6) is 0 Å². The van der Waals surface area contributed by atoms with Crippen LogP contribution in [-0.4, -0.2) is 6.04 Å². The zero-order valence-corrected chi connectivity index (χ0v) is 9.57. The topological polar surface area (TPSA) is 26.0 Å². The number of halogens is 4. The minimum atomic E-state index is -4.39. The molecule has 0 aliphatic carbocycles. The summed E-state index contributed by atoms with van der Waals surface area (Å²) in [7, 11) is 0. The first-order valence-electron chi connectivity index (χ1n) is 4.92. The van der Waals surface area contributed by atoms with Gasteiger partial charge in [0.2, 0.25) is 0 Å². The minimum Gasteiger partial charge on any atom is -0.328 e. The Morgan fingerprint density at radius 2 is 2.00 bits per heavy atom. The fourth-order valence-electron chi connectivity index (χ4n) is 1.34. The third-order valence-electron chi connectivity index (χ3n) is 2.23. The van der Waals surface area contributed by atoms with Crippen molar-refractivity contribution in [3.8, 4) is 0 Å². The molecule has 5 heteroatoms. The van der Waals surface area contributed by atoms with Crippen LogP contribution in [0, 0.1) is 0 Å². The van der Waals surface area contributed by atoms with Gasteiger partial charge in [0.15, 0.2) is 0 Å². The minimum absolute atomic E-state index is 0.0288. The molecule has 1 atom stereocenters. The Morgan fingerprint density at radius 3 is 2.44 bits per heavy atom. The molecule has 0 heterocycles. The van der Waals surface area contributed by atoms with E-state index in [1.807, 2.05) is 6.92 Å². The van der Waals surface area contributed by atoms with Gasteiger partial charge in [0.1, 0.15) is 0 Å². The van der Waals surface area contributed by atoms with Gasteiger partial charge >= 0.3 is 6.18 Å². The van der Waals surface area contributed by atoms with Crippen LogP contribution in [0.4, 0.5) is 13.2 Å². The van der Waals surface area contributed by atoms with E-state index < -0.39 is 11.7 Å². The van der Waals surface area contributed by atoms with Crippen molar-refractivity contribution < 1.29 is 13.2 Å². The highest BCUT2D eigenvalue weighted by Crippen LogP contribution is 2.35. The molecule has 0 saturated carbocycles. The van der Waals surface area contributed by atoms with Gasteiger partial charge in [-0.2, -0.15) is 13.2 Å². The Kier molecular flexibility index (Phi) is 4.21. The number of nitrogens with two attached hydrogens (primary N) is 1. The molecule has 0 saturated heterocycles. The van der Waals surface area contributed by atoms with Crippen molar-refractivity contribution in [3.63, 3.8) is 0 Å². The molecular formula is C11H13ClF3N. The smallest absolute Gasteiger partial charge is 0.328 e. The van der Waals surface area contributed by atoms with Crippen molar-refractivity contribution in [2.45, 2.75) is 32.0 Å². The number of rotatable bonds is 3. The molecule has 2 N–H and O–H groups in total. The van der Waals surface area contributed by atoms with E-state index in [2.05, 4.69) is 0 Å². The molecule has 90 valence electrons. The standard InChI is InChI=1S/C11H13ClF3N/c1-7(16)2-3-8-4-5-9(10(12)6-8)11(13,14)15/h4-7H,2-3,16H2,1H3. The molecule has 1 aromatic rings. The molecule has 0 amide bonds. The van der Waals surface area contributed by atoms with E-state index in [-0.39, 0.29) is 11.1 Å². The molecule has 0 fully saturated rings. The van der Waals surface area contributed by atoms with E-state index in [1.54, 1.807) is 0 Å². The van der Waals surface area contributed by atoms with Crippen molar-refractivity contribution in [1.29, 1.82) is 0 Å². The lowest BCUT2D eigenvalue weighted by Crippen LogP contribution is -2.15. The van der Waals surface area contributed by atoms with Crippen LogP contribution >= 0.6 is 11.6 Å². The fourth-order valence-corrected chi connectivity index (χ4v) is 1.65. The maximum Gasteiger partial charge on any atom is 0.417 e. The van der Waals surface area contributed by atoms with Crippen molar-refractivity contribution in [2.24, 2.45) is 5.73 Å². The summed E-state index contributed by atoms with van der Waals surface area (Å²) in [6.45, 7) is 1.85. The van der Waals surface area contributed by atoms with Gasteiger partial charge in [0.05, 0.1) is 10.6 Å². The van der Waals surface area contributed by atoms with Crippen LogP contribution in [-0.2, 0) is 12.6 Å². The summed E-state index contributed by atoms with van der Waals surface area (Å²) in [5.41, 5.74) is 5.55. The summed E-state index contributed by atoms with van der Waals surface area (Å²) in [6.07, 6.45) is -3.03. The Balaban J connectivity index is 2.83. The van der Waals surface area contributed by atoms with Crippen molar-refractivity contribution in [3.05, 3.63) is 34.3 Å². The lowest BCUT2D eigenvalue weighted by Gasteiger charge is -2.11. The maximum atomic E-state index is 12.4. The fraction of sp³-hybridized carbons (Fsp3) is 0.455. The van der Waals surface area contributed by atoms with Crippen LogP contribution in [0.25, 0.3) is 0 Å². The maximum absolute atomic E-state index is 12.4. The van der Waals surface area contributed by atoms with E-state index >= 15 is 0 Å². The Hall–Kier alpha value is -0.740. The monoisotopic (exact) mass is 251 g/mol. The second kappa shape index (κ2) is 5.06. The predicted molar refractivity (Wildman–Crippen MR) is 58.4 cm³/mol. The quantitative estimate of drug-likeness (QED) is 0.872. The van der Waals surface area contributed by atoms with Gasteiger partial charge < -0.3 is 5.73 Å². The molecule has 0 bridgehead atoms. The zero-order valence-electron chi connectivity index (χ0n) is 8.81. The summed E-state index contributed by atoms with van der Waals surface area (Å²) in [5, 5.41) is -0.255. The summed E-state index contributed by atoms with van der Waals surface area (Å²) in [5.74, 6) is 0. The van der Waals surface area contributed by atoms with Crippen molar-refractivity contribution in [1.82, 2.24) is 0 Å². The summed E-state index contributed by atoms with van der Waals surface area (Å²) >= 11 is 5.58. The van der Waals surface area contributed by atoms with Gasteiger partial charge in [-0.05, 0) is 37.5 Å². The molecular weight excluding hydrogens is 239 g/mol. The highest BCUT2D eigenvalue weighted by molar-refractivity contribution is 6.31. The highest BCUT2D eigenvalue weighted by atomic mass is 35.5. The third kappa shape index (κ3) is 3.68. The van der Waals surface area contributed by atoms with Crippen LogP contribution in [0.15, 0.2) is 18.2 Å². The van der Waals surface area contributed by atoms with Crippen molar-refractivity contribution >= 4 is 11.6 Å². The Morgan fingerprint density at radius 1 is 1.38 bits per heavy atom. The molecule has 0 radical (unpaired) electrons. The van der Waals surface area contributed by atoms with Crippen molar-refractivity contribution in [2.75, 3.05) is 0 Å². The highest BCUT2D eigenvalue weighted by Gasteiger charge is 2.32. The molecule has 0 aliphatic rings. The molecule has 1 unspecified atom stereocenters. The van der Waals surface area contributed by atoms with Crippen LogP contribution in [0.3, 0.4) is 0 Å². The second-order valence-electron chi connectivity index (χ2n) is 3.83. The third-order valence-corrected chi connectivity index (χ3v) is 2.54. The van der Waals surface area contributed by atoms with Gasteiger partial charge in [-0.1, -0.05) is 17.7 Å². The molecule has 0 spiro atoms. The van der Waals surface area contributed by atoms with E-state index in [0.29, 0.717) is 6.42 Å². The van der Waals surface area contributed by atoms with Crippen LogP contribution in [0.2, 0.25) is 5.02 Å². The largest absolute Gasteiger partial charge is 0.417 e. The molecule has 1 rings (SSSR count). The number of alkyl halides is 3. The second-order valence-corrected chi connectivity index (χ2v) is 4.24. The normalized spacial score (nSPS) is 13.9. The van der Waals surface area contributed by atoms with Gasteiger partial charge in [-0.25, -0.2) is 0 Å². The molecule has 1 nitrogen and oxygen atoms in total. The number of hydrogen-bond donors (Lipinski definition) is 1. The van der Waals surface area contributed by atoms with Gasteiger partial charge in [0, 0.05) is 6.04 Å². The molecule has 0 aromatic heterocycles. The molecule has 1 aromatic carbocycles. The lowest BCUT2D eigenvalue weighted by atomic mass is 10.0. The molecule has 16 heavy (non-hydrogen) atoms.